The lowest BCUT2D eigenvalue weighted by Gasteiger charge is -2.29. The van der Waals surface area contributed by atoms with Gasteiger partial charge in [0.1, 0.15) is 0 Å². The number of halogens is 3. The molecule has 0 N–H and O–H groups in total. The molecular formula is C23H36ClF2O3P. The van der Waals surface area contributed by atoms with E-state index in [1.165, 1.54) is 31.7 Å². The summed E-state index contributed by atoms with van der Waals surface area (Å²) in [7, 11) is 0. The van der Waals surface area contributed by atoms with Crippen LogP contribution in [0.1, 0.15) is 89.5 Å². The molecule has 1 atom stereocenters. The first-order valence-corrected chi connectivity index (χ1v) is 14.1. The van der Waals surface area contributed by atoms with Crippen LogP contribution in [0.4, 0.5) is 8.78 Å². The molecule has 2 rings (SSSR count). The van der Waals surface area contributed by atoms with E-state index in [0.717, 1.165) is 31.6 Å². The third-order valence-corrected chi connectivity index (χ3v) is 8.27. The second kappa shape index (κ2) is 13.0. The van der Waals surface area contributed by atoms with Crippen molar-refractivity contribution in [1.82, 2.24) is 0 Å². The van der Waals surface area contributed by atoms with E-state index in [-0.39, 0.29) is 24.4 Å². The maximum absolute atomic E-state index is 14.7. The summed E-state index contributed by atoms with van der Waals surface area (Å²) in [5, 5.41) is 0. The number of ether oxygens (including phenoxy) is 1. The zero-order valence-electron chi connectivity index (χ0n) is 18.3. The number of hydrogen-bond donors (Lipinski definition) is 0. The van der Waals surface area contributed by atoms with Crippen LogP contribution >= 0.6 is 18.0 Å². The molecule has 1 aromatic carbocycles. The quantitative estimate of drug-likeness (QED) is 0.217. The lowest BCUT2D eigenvalue weighted by Crippen LogP contribution is -2.15. The molecule has 1 aromatic rings. The summed E-state index contributed by atoms with van der Waals surface area (Å²) in [5.74, 6) is -0.927. The molecule has 0 saturated heterocycles. The Hall–Kier alpha value is -0.640. The second-order valence-corrected chi connectivity index (χ2v) is 11.7. The van der Waals surface area contributed by atoms with E-state index in [4.69, 9.17) is 20.5 Å². The van der Waals surface area contributed by atoms with Gasteiger partial charge in [0.25, 0.3) is 6.72 Å². The highest BCUT2D eigenvalue weighted by Gasteiger charge is 2.26. The fourth-order valence-corrected chi connectivity index (χ4v) is 6.03. The Morgan fingerprint density at radius 3 is 2.43 bits per heavy atom. The molecule has 0 heterocycles. The van der Waals surface area contributed by atoms with Crippen molar-refractivity contribution in [3.8, 4) is 5.75 Å². The average molecular weight is 465 g/mol. The van der Waals surface area contributed by atoms with Gasteiger partial charge in [0.15, 0.2) is 11.6 Å². The van der Waals surface area contributed by atoms with Crippen molar-refractivity contribution < 1.29 is 22.6 Å². The van der Waals surface area contributed by atoms with Crippen LogP contribution in [0.25, 0.3) is 0 Å². The Labute approximate surface area is 185 Å². The molecule has 0 amide bonds. The van der Waals surface area contributed by atoms with Gasteiger partial charge >= 0.3 is 0 Å². The number of hydrogen-bond acceptors (Lipinski definition) is 3. The van der Waals surface area contributed by atoms with Gasteiger partial charge in [0, 0.05) is 6.16 Å². The molecule has 0 aliphatic heterocycles. The van der Waals surface area contributed by atoms with E-state index in [1.807, 2.05) is 0 Å². The van der Waals surface area contributed by atoms with Crippen LogP contribution in [0.5, 0.6) is 5.75 Å². The second-order valence-electron chi connectivity index (χ2n) is 8.28. The van der Waals surface area contributed by atoms with Crippen LogP contribution in [0.2, 0.25) is 0 Å². The molecule has 1 fully saturated rings. The Balaban J connectivity index is 1.81. The van der Waals surface area contributed by atoms with E-state index in [1.54, 1.807) is 13.0 Å². The van der Waals surface area contributed by atoms with E-state index < -0.39 is 18.4 Å². The summed E-state index contributed by atoms with van der Waals surface area (Å²) in [6.07, 6.45) is 10.4. The highest BCUT2D eigenvalue weighted by molar-refractivity contribution is 7.85. The van der Waals surface area contributed by atoms with E-state index in [9.17, 15) is 13.3 Å². The third kappa shape index (κ3) is 8.13. The minimum atomic E-state index is -3.07. The summed E-state index contributed by atoms with van der Waals surface area (Å²) in [5.41, 5.74) is 0.478. The van der Waals surface area contributed by atoms with Crippen LogP contribution < -0.4 is 4.74 Å². The van der Waals surface area contributed by atoms with Gasteiger partial charge in [-0.2, -0.15) is 4.39 Å². The third-order valence-electron chi connectivity index (χ3n) is 5.98. The van der Waals surface area contributed by atoms with E-state index >= 15 is 0 Å². The fourth-order valence-electron chi connectivity index (χ4n) is 4.26. The van der Waals surface area contributed by atoms with Gasteiger partial charge in [-0.1, -0.05) is 38.7 Å². The molecular weight excluding hydrogens is 429 g/mol. The summed E-state index contributed by atoms with van der Waals surface area (Å²) >= 11 is 5.79. The predicted octanol–water partition coefficient (Wildman–Crippen LogP) is 8.45. The molecule has 7 heteroatoms. The minimum absolute atomic E-state index is 0.0663. The van der Waals surface area contributed by atoms with Gasteiger partial charge in [-0.15, -0.1) is 0 Å². The van der Waals surface area contributed by atoms with E-state index in [2.05, 4.69) is 6.92 Å². The van der Waals surface area contributed by atoms with Crippen molar-refractivity contribution in [1.29, 1.82) is 0 Å². The molecule has 30 heavy (non-hydrogen) atoms. The van der Waals surface area contributed by atoms with Crippen LogP contribution in [0.15, 0.2) is 12.1 Å². The number of unbranched alkanes of at least 4 members (excludes halogenated alkanes) is 3. The Bertz CT molecular complexity index is 693. The monoisotopic (exact) mass is 464 g/mol. The van der Waals surface area contributed by atoms with Crippen molar-refractivity contribution in [3.63, 3.8) is 0 Å². The van der Waals surface area contributed by atoms with Crippen LogP contribution in [-0.4, -0.2) is 19.4 Å². The minimum Gasteiger partial charge on any atom is -0.490 e. The summed E-state index contributed by atoms with van der Waals surface area (Å²) < 4.78 is 51.4. The van der Waals surface area contributed by atoms with Gasteiger partial charge in [0.05, 0.1) is 13.2 Å². The SMILES string of the molecule is CCCCCC1CCC(c2ccc(OCCCCP(=O)(Cl)OCC)c(F)c2F)CC1. The summed E-state index contributed by atoms with van der Waals surface area (Å²) in [6, 6.07) is 3.21. The molecule has 0 aromatic heterocycles. The molecule has 0 bridgehead atoms. The standard InChI is InChI=1S/C23H36ClF2O3P/c1-3-5-6-9-18-10-12-19(13-11-18)20-14-15-21(23(26)22(20)25)28-16-7-8-17-30(24,27)29-4-2/h14-15,18-19H,3-13,16-17H2,1-2H3. The number of benzene rings is 1. The van der Waals surface area contributed by atoms with Crippen LogP contribution in [-0.2, 0) is 9.09 Å². The van der Waals surface area contributed by atoms with E-state index in [0.29, 0.717) is 25.0 Å². The predicted molar refractivity (Wildman–Crippen MR) is 120 cm³/mol. The molecule has 0 spiro atoms. The topological polar surface area (TPSA) is 35.5 Å². The maximum atomic E-state index is 14.7. The summed E-state index contributed by atoms with van der Waals surface area (Å²) in [6.45, 7) is 1.38. The lowest BCUT2D eigenvalue weighted by atomic mass is 9.77. The van der Waals surface area contributed by atoms with Crippen molar-refractivity contribution in [2.75, 3.05) is 19.4 Å². The van der Waals surface area contributed by atoms with Gasteiger partial charge in [0.2, 0.25) is 5.82 Å². The van der Waals surface area contributed by atoms with Gasteiger partial charge in [-0.3, -0.25) is 4.57 Å². The first kappa shape index (κ1) is 25.6. The molecule has 3 nitrogen and oxygen atoms in total. The van der Waals surface area contributed by atoms with Crippen molar-refractivity contribution in [2.24, 2.45) is 5.92 Å². The normalized spacial score (nSPS) is 21.4. The first-order chi connectivity index (χ1) is 14.4. The Morgan fingerprint density at radius 1 is 1.03 bits per heavy atom. The first-order valence-electron chi connectivity index (χ1n) is 11.4. The van der Waals surface area contributed by atoms with Gasteiger partial charge in [-0.05, 0) is 80.2 Å². The molecule has 1 saturated carbocycles. The highest BCUT2D eigenvalue weighted by atomic mass is 35.7. The maximum Gasteiger partial charge on any atom is 0.290 e. The van der Waals surface area contributed by atoms with Crippen LogP contribution in [0.3, 0.4) is 0 Å². The zero-order chi connectivity index (χ0) is 22.0. The summed E-state index contributed by atoms with van der Waals surface area (Å²) in [4.78, 5) is 0. The molecule has 0 radical (unpaired) electrons. The molecule has 1 aliphatic rings. The van der Waals surface area contributed by atoms with Gasteiger partial charge < -0.3 is 9.26 Å². The largest absolute Gasteiger partial charge is 0.490 e. The van der Waals surface area contributed by atoms with Gasteiger partial charge in [-0.25, -0.2) is 4.39 Å². The van der Waals surface area contributed by atoms with Crippen molar-refractivity contribution in [3.05, 3.63) is 29.3 Å². The number of rotatable bonds is 13. The molecule has 172 valence electrons. The average Bonchev–Trinajstić information content (AvgIpc) is 2.71. The van der Waals surface area contributed by atoms with Crippen LogP contribution in [0, 0.1) is 17.6 Å². The Morgan fingerprint density at radius 2 is 1.77 bits per heavy atom. The lowest BCUT2D eigenvalue weighted by molar-refractivity contribution is 0.281. The zero-order valence-corrected chi connectivity index (χ0v) is 20.0. The van der Waals surface area contributed by atoms with Crippen molar-refractivity contribution >= 4 is 18.0 Å². The Kier molecular flexibility index (Phi) is 11.1. The smallest absolute Gasteiger partial charge is 0.290 e. The highest BCUT2D eigenvalue weighted by Crippen LogP contribution is 2.52. The molecule has 1 unspecified atom stereocenters. The van der Waals surface area contributed by atoms with Crippen molar-refractivity contribution in [2.45, 2.75) is 84.0 Å². The fraction of sp³-hybridized carbons (Fsp3) is 0.739. The molecule has 1 aliphatic carbocycles.